The first-order valence-electron chi connectivity index (χ1n) is 10.7. The smallest absolute Gasteiger partial charge is 0.403 e. The van der Waals surface area contributed by atoms with E-state index in [1.165, 1.54) is 16.3 Å². The molecule has 0 bridgehead atoms. The Hall–Kier alpha value is -0.593. The van der Waals surface area contributed by atoms with Crippen LogP contribution in [0.25, 0.3) is 0 Å². The van der Waals surface area contributed by atoms with Gasteiger partial charge < -0.3 is 18.6 Å². The fourth-order valence-electron chi connectivity index (χ4n) is 3.91. The normalized spacial score (nSPS) is 24.7. The van der Waals surface area contributed by atoms with Gasteiger partial charge in [0.2, 0.25) is 0 Å². The van der Waals surface area contributed by atoms with Crippen LogP contribution in [0, 0.1) is 6.92 Å². The molecule has 1 aromatic rings. The van der Waals surface area contributed by atoms with E-state index in [0.29, 0.717) is 0 Å². The Morgan fingerprint density at radius 1 is 0.724 bits per heavy atom. The van der Waals surface area contributed by atoms with Crippen molar-refractivity contribution in [2.75, 3.05) is 0 Å². The van der Waals surface area contributed by atoms with E-state index < -0.39 is 45.4 Å². The summed E-state index contributed by atoms with van der Waals surface area (Å²) in [5.41, 5.74) is 0.676. The molecular formula is C22H37B2O4Si. The van der Waals surface area contributed by atoms with Crippen molar-refractivity contribution < 1.29 is 18.6 Å². The molecule has 2 aliphatic rings. The van der Waals surface area contributed by atoms with Crippen molar-refractivity contribution in [3.05, 3.63) is 29.3 Å². The predicted molar refractivity (Wildman–Crippen MR) is 123 cm³/mol. The standard InChI is InChI=1S/C22H37B2O4Si/c1-15-12-13-17(29(10)11)16(14-15)18(23-25-19(2,3)20(4,5)26-23)24-27-21(6,7)22(8,9)28-24/h12-14,18H,1-11H3. The van der Waals surface area contributed by atoms with E-state index in [9.17, 15) is 0 Å². The van der Waals surface area contributed by atoms with Gasteiger partial charge in [-0.3, -0.25) is 0 Å². The van der Waals surface area contributed by atoms with E-state index >= 15 is 0 Å². The summed E-state index contributed by atoms with van der Waals surface area (Å²) in [6.07, 6.45) is 0. The van der Waals surface area contributed by atoms with Crippen molar-refractivity contribution in [3.8, 4) is 0 Å². The SMILES string of the molecule is Cc1ccc([Si](C)C)c(C(B2OC(C)(C)C(C)(C)O2)B2OC(C)(C)C(C)(C)O2)c1. The highest BCUT2D eigenvalue weighted by molar-refractivity contribution is 6.74. The fraction of sp³-hybridized carbons (Fsp3) is 0.727. The second kappa shape index (κ2) is 7.23. The van der Waals surface area contributed by atoms with Crippen LogP contribution in [-0.4, -0.2) is 45.4 Å². The molecule has 159 valence electrons. The van der Waals surface area contributed by atoms with Crippen LogP contribution in [0.5, 0.6) is 0 Å². The highest BCUT2D eigenvalue weighted by atomic mass is 28.3. The Kier molecular flexibility index (Phi) is 5.76. The molecule has 0 atom stereocenters. The average molecular weight is 415 g/mol. The third-order valence-electron chi connectivity index (χ3n) is 7.23. The highest BCUT2D eigenvalue weighted by Gasteiger charge is 2.62. The molecular weight excluding hydrogens is 378 g/mol. The third kappa shape index (κ3) is 4.01. The van der Waals surface area contributed by atoms with E-state index in [4.69, 9.17) is 18.6 Å². The Morgan fingerprint density at radius 3 is 1.45 bits per heavy atom. The van der Waals surface area contributed by atoms with E-state index in [2.05, 4.69) is 93.6 Å². The molecule has 3 rings (SSSR count). The van der Waals surface area contributed by atoms with Crippen LogP contribution in [0.1, 0.15) is 72.2 Å². The lowest BCUT2D eigenvalue weighted by Gasteiger charge is -2.32. The molecule has 2 heterocycles. The van der Waals surface area contributed by atoms with Gasteiger partial charge in [0.05, 0.1) is 36.9 Å². The van der Waals surface area contributed by atoms with Gasteiger partial charge in [0.25, 0.3) is 0 Å². The van der Waals surface area contributed by atoms with Crippen LogP contribution < -0.4 is 5.19 Å². The van der Waals surface area contributed by atoms with Gasteiger partial charge >= 0.3 is 14.2 Å². The number of hydrogen-bond donors (Lipinski definition) is 0. The lowest BCUT2D eigenvalue weighted by atomic mass is 9.49. The lowest BCUT2D eigenvalue weighted by Crippen LogP contribution is -2.45. The summed E-state index contributed by atoms with van der Waals surface area (Å²) in [5.74, 6) is 0. The minimum atomic E-state index is -0.696. The van der Waals surface area contributed by atoms with E-state index in [1.54, 1.807) is 0 Å². The van der Waals surface area contributed by atoms with Crippen LogP contribution in [-0.2, 0) is 18.6 Å². The monoisotopic (exact) mass is 415 g/mol. The molecule has 0 aliphatic carbocycles. The molecule has 0 saturated carbocycles. The zero-order valence-electron chi connectivity index (χ0n) is 20.1. The maximum absolute atomic E-state index is 6.53. The summed E-state index contributed by atoms with van der Waals surface area (Å²) >= 11 is 0. The Labute approximate surface area is 179 Å². The summed E-state index contributed by atoms with van der Waals surface area (Å²) in [6.45, 7) is 23.6. The van der Waals surface area contributed by atoms with Crippen LogP contribution >= 0.6 is 0 Å². The Balaban J connectivity index is 2.11. The quantitative estimate of drug-likeness (QED) is 0.688. The summed E-state index contributed by atoms with van der Waals surface area (Å²) in [6, 6.07) is 6.73. The van der Waals surface area contributed by atoms with Crippen LogP contribution in [0.3, 0.4) is 0 Å². The molecule has 0 amide bonds. The van der Waals surface area contributed by atoms with Crippen LogP contribution in [0.15, 0.2) is 18.2 Å². The number of rotatable bonds is 4. The van der Waals surface area contributed by atoms with Crippen molar-refractivity contribution in [3.63, 3.8) is 0 Å². The number of benzene rings is 1. The van der Waals surface area contributed by atoms with Crippen molar-refractivity contribution in [1.82, 2.24) is 0 Å². The molecule has 0 spiro atoms. The molecule has 1 aromatic carbocycles. The zero-order valence-corrected chi connectivity index (χ0v) is 21.1. The summed E-state index contributed by atoms with van der Waals surface area (Å²) in [7, 11) is -1.56. The fourth-order valence-corrected chi connectivity index (χ4v) is 5.14. The van der Waals surface area contributed by atoms with Gasteiger partial charge in [0.1, 0.15) is 0 Å². The maximum Gasteiger partial charge on any atom is 0.463 e. The van der Waals surface area contributed by atoms with Crippen LogP contribution in [0.4, 0.5) is 0 Å². The van der Waals surface area contributed by atoms with Gasteiger partial charge in [0, 0.05) is 0 Å². The van der Waals surface area contributed by atoms with Gasteiger partial charge in [-0.15, -0.1) is 0 Å². The second-order valence-electron chi connectivity index (χ2n) is 10.9. The molecule has 1 radical (unpaired) electrons. The third-order valence-corrected chi connectivity index (χ3v) is 8.77. The first-order valence-corrected chi connectivity index (χ1v) is 13.2. The van der Waals surface area contributed by atoms with E-state index in [-0.39, 0.29) is 5.72 Å². The van der Waals surface area contributed by atoms with Crippen molar-refractivity contribution in [2.24, 2.45) is 0 Å². The van der Waals surface area contributed by atoms with Gasteiger partial charge in [-0.2, -0.15) is 0 Å². The maximum atomic E-state index is 6.53. The van der Waals surface area contributed by atoms with Crippen molar-refractivity contribution in [2.45, 2.75) is 104 Å². The summed E-state index contributed by atoms with van der Waals surface area (Å²) in [4.78, 5) is 0. The van der Waals surface area contributed by atoms with E-state index in [0.717, 1.165) is 0 Å². The first kappa shape index (κ1) is 23.1. The first-order chi connectivity index (χ1) is 13.1. The molecule has 0 N–H and O–H groups in total. The Bertz CT molecular complexity index is 708. The van der Waals surface area contributed by atoms with Gasteiger partial charge in [-0.05, 0) is 67.9 Å². The Morgan fingerprint density at radius 2 is 1.10 bits per heavy atom. The zero-order chi connectivity index (χ0) is 22.0. The number of aryl methyl sites for hydroxylation is 1. The molecule has 0 aromatic heterocycles. The van der Waals surface area contributed by atoms with Gasteiger partial charge in [0.15, 0.2) is 0 Å². The lowest BCUT2D eigenvalue weighted by molar-refractivity contribution is 0.00578. The minimum Gasteiger partial charge on any atom is -0.403 e. The topological polar surface area (TPSA) is 36.9 Å². The van der Waals surface area contributed by atoms with Crippen LogP contribution in [0.2, 0.25) is 13.1 Å². The second-order valence-corrected chi connectivity index (χ2v) is 13.4. The van der Waals surface area contributed by atoms with Gasteiger partial charge in [-0.1, -0.05) is 42.0 Å². The molecule has 2 aliphatic heterocycles. The van der Waals surface area contributed by atoms with Gasteiger partial charge in [-0.25, -0.2) is 0 Å². The summed E-state index contributed by atoms with van der Waals surface area (Å²) < 4.78 is 26.1. The molecule has 2 fully saturated rings. The molecule has 29 heavy (non-hydrogen) atoms. The number of hydrogen-bond acceptors (Lipinski definition) is 4. The highest BCUT2D eigenvalue weighted by Crippen LogP contribution is 2.46. The summed E-state index contributed by atoms with van der Waals surface area (Å²) in [5, 5.41) is 1.38. The molecule has 4 nitrogen and oxygen atoms in total. The average Bonchev–Trinajstić information content (AvgIpc) is 2.86. The molecule has 0 unspecified atom stereocenters. The van der Waals surface area contributed by atoms with Crippen molar-refractivity contribution in [1.29, 1.82) is 0 Å². The minimum absolute atomic E-state index is 0.160. The molecule has 7 heteroatoms. The largest absolute Gasteiger partial charge is 0.463 e. The van der Waals surface area contributed by atoms with E-state index in [1.807, 2.05) is 0 Å². The predicted octanol–water partition coefficient (Wildman–Crippen LogP) is 4.30. The molecule has 2 saturated heterocycles. The van der Waals surface area contributed by atoms with Crippen molar-refractivity contribution >= 4 is 28.2 Å².